The van der Waals surface area contributed by atoms with Crippen molar-refractivity contribution in [2.45, 2.75) is 43.9 Å². The lowest BCUT2D eigenvalue weighted by Gasteiger charge is -2.45. The van der Waals surface area contributed by atoms with Crippen LogP contribution in [0.4, 0.5) is 0 Å². The molecular weight excluding hydrogens is 368 g/mol. The number of aromatic nitrogens is 1. The number of hydrogen-bond acceptors (Lipinski definition) is 6. The Kier molecular flexibility index (Phi) is 5.26. The van der Waals surface area contributed by atoms with E-state index < -0.39 is 10.0 Å². The zero-order valence-electron chi connectivity index (χ0n) is 15.5. The number of sulfonamides is 1. The highest BCUT2D eigenvalue weighted by atomic mass is 32.2. The van der Waals surface area contributed by atoms with E-state index in [0.717, 1.165) is 25.7 Å². The van der Waals surface area contributed by atoms with Crippen molar-refractivity contribution in [1.29, 1.82) is 0 Å². The van der Waals surface area contributed by atoms with Gasteiger partial charge in [-0.2, -0.15) is 4.31 Å². The van der Waals surface area contributed by atoms with Crippen molar-refractivity contribution in [3.8, 4) is 0 Å². The van der Waals surface area contributed by atoms with E-state index in [1.807, 2.05) is 4.90 Å². The van der Waals surface area contributed by atoms with E-state index in [4.69, 9.17) is 10.3 Å². The van der Waals surface area contributed by atoms with Gasteiger partial charge in [0.15, 0.2) is 0 Å². The van der Waals surface area contributed by atoms with Crippen LogP contribution in [0.5, 0.6) is 0 Å². The lowest BCUT2D eigenvalue weighted by atomic mass is 9.65. The van der Waals surface area contributed by atoms with Crippen molar-refractivity contribution >= 4 is 15.9 Å². The summed E-state index contributed by atoms with van der Waals surface area (Å²) in [4.78, 5) is 14.8. The first kappa shape index (κ1) is 18.9. The van der Waals surface area contributed by atoms with E-state index in [1.54, 1.807) is 6.07 Å². The maximum absolute atomic E-state index is 13.0. The van der Waals surface area contributed by atoms with E-state index >= 15 is 0 Å². The van der Waals surface area contributed by atoms with Crippen LogP contribution in [0.2, 0.25) is 0 Å². The highest BCUT2D eigenvalue weighted by Gasteiger charge is 2.42. The summed E-state index contributed by atoms with van der Waals surface area (Å²) in [5.41, 5.74) is 6.74. The van der Waals surface area contributed by atoms with Gasteiger partial charge in [-0.25, -0.2) is 8.42 Å². The van der Waals surface area contributed by atoms with Gasteiger partial charge in [0.05, 0.1) is 5.69 Å². The summed E-state index contributed by atoms with van der Waals surface area (Å²) >= 11 is 0. The van der Waals surface area contributed by atoms with Gasteiger partial charge < -0.3 is 15.2 Å². The maximum Gasteiger partial charge on any atom is 0.225 e. The van der Waals surface area contributed by atoms with Crippen molar-refractivity contribution in [2.24, 2.45) is 23.5 Å². The summed E-state index contributed by atoms with van der Waals surface area (Å²) in [6.07, 6.45) is 6.65. The van der Waals surface area contributed by atoms with E-state index in [-0.39, 0.29) is 23.6 Å². The summed E-state index contributed by atoms with van der Waals surface area (Å²) in [7, 11) is -3.44. The number of carbonyl (C=O) groups is 1. The Balaban J connectivity index is 1.33. The molecule has 27 heavy (non-hydrogen) atoms. The average Bonchev–Trinajstić information content (AvgIpc) is 3.13. The molecule has 150 valence electrons. The van der Waals surface area contributed by atoms with Crippen molar-refractivity contribution in [2.75, 3.05) is 26.2 Å². The standard InChI is InChI=1S/C18H28N4O4S/c19-17-13-2-1-3-14(17)11-15(10-13)18(23)21-5-7-22(8-6-21)27(24,25)12-16-4-9-26-20-16/h4,9,13-15,17H,1-3,5-8,10-12,19H2. The molecule has 1 aromatic heterocycles. The second-order valence-corrected chi connectivity index (χ2v) is 10.1. The number of nitrogens with two attached hydrogens (primary N) is 1. The number of rotatable bonds is 4. The van der Waals surface area contributed by atoms with Crippen molar-refractivity contribution < 1.29 is 17.7 Å². The largest absolute Gasteiger partial charge is 0.364 e. The van der Waals surface area contributed by atoms with Crippen LogP contribution in [-0.4, -0.2) is 60.9 Å². The number of piperazine rings is 1. The predicted molar refractivity (Wildman–Crippen MR) is 98.8 cm³/mol. The first-order valence-corrected chi connectivity index (χ1v) is 11.5. The zero-order valence-corrected chi connectivity index (χ0v) is 16.3. The van der Waals surface area contributed by atoms with Gasteiger partial charge >= 0.3 is 0 Å². The first-order valence-electron chi connectivity index (χ1n) is 9.85. The lowest BCUT2D eigenvalue weighted by Crippen LogP contribution is -2.54. The van der Waals surface area contributed by atoms with Crippen LogP contribution >= 0.6 is 0 Å². The fourth-order valence-electron chi connectivity index (χ4n) is 5.03. The smallest absolute Gasteiger partial charge is 0.225 e. The van der Waals surface area contributed by atoms with Crippen LogP contribution in [0.25, 0.3) is 0 Å². The SMILES string of the molecule is NC1C2CCCC1CC(C(=O)N1CCN(S(=O)(=O)Cc3ccon3)CC1)C2. The molecule has 2 atom stereocenters. The van der Waals surface area contributed by atoms with Gasteiger partial charge in [-0.15, -0.1) is 0 Å². The van der Waals surface area contributed by atoms with Crippen LogP contribution < -0.4 is 5.73 Å². The number of nitrogens with zero attached hydrogens (tertiary/aromatic N) is 3. The monoisotopic (exact) mass is 396 g/mol. The third kappa shape index (κ3) is 3.90. The van der Waals surface area contributed by atoms with Crippen molar-refractivity contribution in [3.05, 3.63) is 18.0 Å². The van der Waals surface area contributed by atoms with Crippen LogP contribution in [0.15, 0.2) is 16.9 Å². The minimum absolute atomic E-state index is 0.0541. The van der Waals surface area contributed by atoms with Gasteiger partial charge in [0.25, 0.3) is 0 Å². The van der Waals surface area contributed by atoms with Gasteiger partial charge in [0.1, 0.15) is 12.0 Å². The van der Waals surface area contributed by atoms with Gasteiger partial charge in [-0.1, -0.05) is 11.6 Å². The Morgan fingerprint density at radius 2 is 1.85 bits per heavy atom. The summed E-state index contributed by atoms with van der Waals surface area (Å²) < 4.78 is 31.2. The van der Waals surface area contributed by atoms with Gasteiger partial charge in [0.2, 0.25) is 15.9 Å². The molecule has 9 heteroatoms. The number of carbonyl (C=O) groups excluding carboxylic acids is 1. The van der Waals surface area contributed by atoms with E-state index in [2.05, 4.69) is 5.16 Å². The molecule has 1 aromatic rings. The maximum atomic E-state index is 13.0. The van der Waals surface area contributed by atoms with Crippen LogP contribution in [-0.2, 0) is 20.6 Å². The lowest BCUT2D eigenvalue weighted by molar-refractivity contribution is -0.139. The molecule has 1 amide bonds. The molecule has 4 rings (SSSR count). The molecule has 1 aliphatic heterocycles. The molecule has 3 aliphatic rings. The highest BCUT2D eigenvalue weighted by Crippen LogP contribution is 2.42. The normalized spacial score (nSPS) is 32.4. The van der Waals surface area contributed by atoms with Gasteiger partial charge in [0, 0.05) is 44.2 Å². The third-order valence-corrected chi connectivity index (χ3v) is 8.34. The summed E-state index contributed by atoms with van der Waals surface area (Å²) in [5.74, 6) is 1.01. The molecule has 2 heterocycles. The second kappa shape index (κ2) is 7.52. The quantitative estimate of drug-likeness (QED) is 0.806. The summed E-state index contributed by atoms with van der Waals surface area (Å²) in [5, 5.41) is 3.68. The Bertz CT molecular complexity index is 744. The molecular formula is C18H28N4O4S. The Morgan fingerprint density at radius 3 is 2.44 bits per heavy atom. The van der Waals surface area contributed by atoms with E-state index in [9.17, 15) is 13.2 Å². The van der Waals surface area contributed by atoms with Crippen LogP contribution in [0.3, 0.4) is 0 Å². The fraction of sp³-hybridized carbons (Fsp3) is 0.778. The molecule has 2 aliphatic carbocycles. The van der Waals surface area contributed by atoms with Crippen molar-refractivity contribution in [3.63, 3.8) is 0 Å². The van der Waals surface area contributed by atoms with Crippen LogP contribution in [0, 0.1) is 17.8 Å². The van der Waals surface area contributed by atoms with Crippen molar-refractivity contribution in [1.82, 2.24) is 14.4 Å². The fourth-order valence-corrected chi connectivity index (χ4v) is 6.45. The van der Waals surface area contributed by atoms with Crippen LogP contribution in [0.1, 0.15) is 37.8 Å². The summed E-state index contributed by atoms with van der Waals surface area (Å²) in [6, 6.07) is 1.81. The minimum Gasteiger partial charge on any atom is -0.364 e. The molecule has 3 fully saturated rings. The number of fused-ring (bicyclic) bond motifs is 2. The Hall–Kier alpha value is -1.45. The molecule has 8 nitrogen and oxygen atoms in total. The Labute approximate surface area is 160 Å². The molecule has 0 spiro atoms. The van der Waals surface area contributed by atoms with Gasteiger partial charge in [-0.05, 0) is 37.5 Å². The Morgan fingerprint density at radius 1 is 1.19 bits per heavy atom. The van der Waals surface area contributed by atoms with E-state index in [0.29, 0.717) is 43.7 Å². The molecule has 0 radical (unpaired) electrons. The molecule has 2 bridgehead atoms. The van der Waals surface area contributed by atoms with Gasteiger partial charge in [-0.3, -0.25) is 4.79 Å². The zero-order chi connectivity index (χ0) is 19.0. The highest BCUT2D eigenvalue weighted by molar-refractivity contribution is 7.88. The average molecular weight is 397 g/mol. The van der Waals surface area contributed by atoms with E-state index in [1.165, 1.54) is 17.0 Å². The number of amides is 1. The number of hydrogen-bond donors (Lipinski definition) is 1. The first-order chi connectivity index (χ1) is 12.9. The second-order valence-electron chi connectivity index (χ2n) is 8.17. The molecule has 2 unspecified atom stereocenters. The molecule has 2 saturated carbocycles. The topological polar surface area (TPSA) is 110 Å². The third-order valence-electron chi connectivity index (χ3n) is 6.53. The minimum atomic E-state index is -3.44. The molecule has 0 aromatic carbocycles. The molecule has 2 N–H and O–H groups in total. The predicted octanol–water partition coefficient (Wildman–Crippen LogP) is 0.802. The summed E-state index contributed by atoms with van der Waals surface area (Å²) in [6.45, 7) is 1.58. The molecule has 1 saturated heterocycles.